The molecule has 1 aliphatic heterocycles. The molecule has 0 bridgehead atoms. The van der Waals surface area contributed by atoms with Crippen LogP contribution in [0.25, 0.3) is 0 Å². The minimum absolute atomic E-state index is 0.163. The average molecular weight is 259 g/mol. The molecule has 19 heavy (non-hydrogen) atoms. The van der Waals surface area contributed by atoms with Gasteiger partial charge in [0.2, 0.25) is 11.8 Å². The number of likely N-dealkylation sites (tertiary alicyclic amines) is 1. The van der Waals surface area contributed by atoms with Gasteiger partial charge >= 0.3 is 0 Å². The summed E-state index contributed by atoms with van der Waals surface area (Å²) in [4.78, 5) is 36.9. The largest absolute Gasteiger partial charge is 0.292 e. The number of imide groups is 1. The zero-order valence-corrected chi connectivity index (χ0v) is 11.4. The Kier molecular flexibility index (Phi) is 3.27. The molecule has 4 heteroatoms. The van der Waals surface area contributed by atoms with Gasteiger partial charge in [-0.15, -0.1) is 0 Å². The summed E-state index contributed by atoms with van der Waals surface area (Å²) in [6, 6.07) is 7.11. The molecule has 1 fully saturated rings. The number of ketones is 1. The standard InChI is InChI=1S/C15H17NO3/c1-10-4-6-11(7-5-10)12(17)9-16-13(18)8-15(2,3)14(16)19/h4-7H,8-9H2,1-3H3. The van der Waals surface area contributed by atoms with Gasteiger partial charge in [-0.2, -0.15) is 0 Å². The number of hydrogen-bond donors (Lipinski definition) is 0. The minimum Gasteiger partial charge on any atom is -0.292 e. The van der Waals surface area contributed by atoms with Crippen molar-refractivity contribution in [2.45, 2.75) is 27.2 Å². The Hall–Kier alpha value is -1.97. The number of amides is 2. The molecule has 0 atom stereocenters. The van der Waals surface area contributed by atoms with E-state index in [-0.39, 0.29) is 30.6 Å². The third-order valence-electron chi connectivity index (χ3n) is 3.39. The Morgan fingerprint density at radius 2 is 1.79 bits per heavy atom. The normalized spacial score (nSPS) is 17.9. The lowest BCUT2D eigenvalue weighted by Gasteiger charge is -2.17. The zero-order chi connectivity index (χ0) is 14.2. The summed E-state index contributed by atoms with van der Waals surface area (Å²) in [5, 5.41) is 0. The van der Waals surface area contributed by atoms with Gasteiger partial charge in [-0.05, 0) is 6.92 Å². The van der Waals surface area contributed by atoms with E-state index in [1.165, 1.54) is 0 Å². The first-order chi connectivity index (χ1) is 8.81. The Bertz CT molecular complexity index is 543. The smallest absolute Gasteiger partial charge is 0.235 e. The van der Waals surface area contributed by atoms with Crippen LogP contribution in [0.3, 0.4) is 0 Å². The molecule has 0 radical (unpaired) electrons. The molecule has 4 nitrogen and oxygen atoms in total. The Morgan fingerprint density at radius 3 is 2.26 bits per heavy atom. The molecule has 1 saturated heterocycles. The molecule has 0 spiro atoms. The number of benzene rings is 1. The highest BCUT2D eigenvalue weighted by Gasteiger charge is 2.45. The number of carbonyl (C=O) groups is 3. The van der Waals surface area contributed by atoms with Crippen molar-refractivity contribution in [1.82, 2.24) is 4.90 Å². The molecule has 0 aromatic heterocycles. The van der Waals surface area contributed by atoms with Crippen LogP contribution in [0, 0.1) is 12.3 Å². The molecule has 1 aromatic rings. The summed E-state index contributed by atoms with van der Waals surface area (Å²) in [6.45, 7) is 5.22. The van der Waals surface area contributed by atoms with Crippen LogP contribution in [0.2, 0.25) is 0 Å². The van der Waals surface area contributed by atoms with Gasteiger partial charge in [0.1, 0.15) is 0 Å². The number of carbonyl (C=O) groups excluding carboxylic acids is 3. The first kappa shape index (κ1) is 13.5. The molecule has 100 valence electrons. The van der Waals surface area contributed by atoms with E-state index in [1.807, 2.05) is 19.1 Å². The highest BCUT2D eigenvalue weighted by atomic mass is 16.2. The van der Waals surface area contributed by atoms with Gasteiger partial charge < -0.3 is 0 Å². The highest BCUT2D eigenvalue weighted by Crippen LogP contribution is 2.31. The van der Waals surface area contributed by atoms with Crippen molar-refractivity contribution in [3.63, 3.8) is 0 Å². The van der Waals surface area contributed by atoms with Crippen LogP contribution >= 0.6 is 0 Å². The van der Waals surface area contributed by atoms with Crippen molar-refractivity contribution in [3.05, 3.63) is 35.4 Å². The first-order valence-electron chi connectivity index (χ1n) is 6.26. The molecular weight excluding hydrogens is 242 g/mol. The van der Waals surface area contributed by atoms with Crippen molar-refractivity contribution in [1.29, 1.82) is 0 Å². The van der Waals surface area contributed by atoms with Gasteiger partial charge in [-0.3, -0.25) is 19.3 Å². The lowest BCUT2D eigenvalue weighted by atomic mass is 9.92. The molecule has 1 aromatic carbocycles. The monoisotopic (exact) mass is 259 g/mol. The highest BCUT2D eigenvalue weighted by molar-refractivity contribution is 6.10. The molecule has 2 rings (SSSR count). The second-order valence-electron chi connectivity index (χ2n) is 5.63. The van der Waals surface area contributed by atoms with Gasteiger partial charge in [-0.1, -0.05) is 43.7 Å². The van der Waals surface area contributed by atoms with E-state index in [9.17, 15) is 14.4 Å². The number of Topliss-reactive ketones (excluding diaryl/α,β-unsaturated/α-hetero) is 1. The first-order valence-corrected chi connectivity index (χ1v) is 6.26. The van der Waals surface area contributed by atoms with E-state index in [4.69, 9.17) is 0 Å². The lowest BCUT2D eigenvalue weighted by Crippen LogP contribution is -2.37. The van der Waals surface area contributed by atoms with Crippen LogP contribution < -0.4 is 0 Å². The van der Waals surface area contributed by atoms with E-state index in [1.54, 1.807) is 26.0 Å². The number of nitrogens with zero attached hydrogens (tertiary/aromatic N) is 1. The van der Waals surface area contributed by atoms with Gasteiger partial charge in [0.25, 0.3) is 0 Å². The summed E-state index contributed by atoms with van der Waals surface area (Å²) in [6.07, 6.45) is 0.174. The van der Waals surface area contributed by atoms with Crippen LogP contribution in [-0.2, 0) is 9.59 Å². The zero-order valence-electron chi connectivity index (χ0n) is 11.4. The molecular formula is C15H17NO3. The van der Waals surface area contributed by atoms with Crippen LogP contribution in [0.1, 0.15) is 36.2 Å². The molecule has 0 N–H and O–H groups in total. The lowest BCUT2D eigenvalue weighted by molar-refractivity contribution is -0.140. The number of hydrogen-bond acceptors (Lipinski definition) is 3. The van der Waals surface area contributed by atoms with E-state index in [2.05, 4.69) is 0 Å². The molecule has 0 unspecified atom stereocenters. The van der Waals surface area contributed by atoms with E-state index in [0.717, 1.165) is 10.5 Å². The van der Waals surface area contributed by atoms with E-state index >= 15 is 0 Å². The van der Waals surface area contributed by atoms with Gasteiger partial charge in [0.05, 0.1) is 12.0 Å². The maximum absolute atomic E-state index is 12.1. The Labute approximate surface area is 112 Å². The van der Waals surface area contributed by atoms with Gasteiger partial charge in [0.15, 0.2) is 5.78 Å². The predicted octanol–water partition coefficient (Wildman–Crippen LogP) is 1.96. The maximum atomic E-state index is 12.1. The van der Waals surface area contributed by atoms with E-state index < -0.39 is 5.41 Å². The summed E-state index contributed by atoms with van der Waals surface area (Å²) >= 11 is 0. The number of aryl methyl sites for hydroxylation is 1. The topological polar surface area (TPSA) is 54.5 Å². The fourth-order valence-corrected chi connectivity index (χ4v) is 2.16. The third kappa shape index (κ3) is 2.57. The van der Waals surface area contributed by atoms with Crippen molar-refractivity contribution in [2.75, 3.05) is 6.54 Å². The predicted molar refractivity (Wildman–Crippen MR) is 70.6 cm³/mol. The molecule has 0 aliphatic carbocycles. The summed E-state index contributed by atoms with van der Waals surface area (Å²) in [7, 11) is 0. The summed E-state index contributed by atoms with van der Waals surface area (Å²) < 4.78 is 0. The van der Waals surface area contributed by atoms with Crippen molar-refractivity contribution in [3.8, 4) is 0 Å². The quantitative estimate of drug-likeness (QED) is 0.616. The SMILES string of the molecule is Cc1ccc(C(=O)CN2C(=O)CC(C)(C)C2=O)cc1. The Balaban J connectivity index is 2.14. The second-order valence-corrected chi connectivity index (χ2v) is 5.63. The van der Waals surface area contributed by atoms with Gasteiger partial charge in [-0.25, -0.2) is 0 Å². The summed E-state index contributed by atoms with van der Waals surface area (Å²) in [5.41, 5.74) is 0.895. The summed E-state index contributed by atoms with van der Waals surface area (Å²) in [5.74, 6) is -0.743. The van der Waals surface area contributed by atoms with Crippen molar-refractivity contribution >= 4 is 17.6 Å². The van der Waals surface area contributed by atoms with Crippen molar-refractivity contribution < 1.29 is 14.4 Å². The molecule has 1 heterocycles. The van der Waals surface area contributed by atoms with Crippen LogP contribution in [0.4, 0.5) is 0 Å². The van der Waals surface area contributed by atoms with Crippen molar-refractivity contribution in [2.24, 2.45) is 5.41 Å². The maximum Gasteiger partial charge on any atom is 0.235 e. The van der Waals surface area contributed by atoms with Crippen LogP contribution in [0.15, 0.2) is 24.3 Å². The fourth-order valence-electron chi connectivity index (χ4n) is 2.16. The second kappa shape index (κ2) is 4.61. The average Bonchev–Trinajstić information content (AvgIpc) is 2.52. The minimum atomic E-state index is -0.690. The van der Waals surface area contributed by atoms with Crippen LogP contribution in [0.5, 0.6) is 0 Å². The molecule has 2 amide bonds. The Morgan fingerprint density at radius 1 is 1.21 bits per heavy atom. The van der Waals surface area contributed by atoms with Gasteiger partial charge in [0, 0.05) is 12.0 Å². The molecule has 0 saturated carbocycles. The third-order valence-corrected chi connectivity index (χ3v) is 3.39. The fraction of sp³-hybridized carbons (Fsp3) is 0.400. The molecule has 1 aliphatic rings. The number of rotatable bonds is 3. The van der Waals surface area contributed by atoms with E-state index in [0.29, 0.717) is 5.56 Å². The van der Waals surface area contributed by atoms with Crippen LogP contribution in [-0.4, -0.2) is 29.0 Å².